The van der Waals surface area contributed by atoms with E-state index >= 15 is 0 Å². The highest BCUT2D eigenvalue weighted by molar-refractivity contribution is 4.90. The van der Waals surface area contributed by atoms with E-state index in [2.05, 4.69) is 19.2 Å². The quantitative estimate of drug-likeness (QED) is 0.766. The maximum Gasteiger partial charge on any atom is 0.0707 e. The van der Waals surface area contributed by atoms with Crippen LogP contribution in [0.2, 0.25) is 0 Å². The molecule has 0 aromatic carbocycles. The fourth-order valence-corrected chi connectivity index (χ4v) is 2.81. The van der Waals surface area contributed by atoms with Crippen molar-refractivity contribution in [3.63, 3.8) is 0 Å². The second-order valence-corrected chi connectivity index (χ2v) is 5.49. The maximum absolute atomic E-state index is 5.77. The van der Waals surface area contributed by atoms with Gasteiger partial charge in [-0.2, -0.15) is 0 Å². The molecule has 15 heavy (non-hydrogen) atoms. The highest BCUT2D eigenvalue weighted by atomic mass is 16.5. The summed E-state index contributed by atoms with van der Waals surface area (Å²) >= 11 is 0. The number of rotatable bonds is 4. The van der Waals surface area contributed by atoms with Crippen molar-refractivity contribution < 1.29 is 9.47 Å². The molecule has 2 rings (SSSR count). The van der Waals surface area contributed by atoms with Crippen molar-refractivity contribution >= 4 is 0 Å². The molecule has 0 bridgehead atoms. The molecular weight excluding hydrogens is 190 g/mol. The molecule has 0 amide bonds. The molecule has 3 heteroatoms. The van der Waals surface area contributed by atoms with Crippen molar-refractivity contribution in [2.75, 3.05) is 32.9 Å². The summed E-state index contributed by atoms with van der Waals surface area (Å²) < 4.78 is 11.2. The molecule has 2 fully saturated rings. The molecule has 1 unspecified atom stereocenters. The van der Waals surface area contributed by atoms with Gasteiger partial charge in [0.1, 0.15) is 0 Å². The molecule has 2 aliphatic heterocycles. The van der Waals surface area contributed by atoms with Gasteiger partial charge >= 0.3 is 0 Å². The van der Waals surface area contributed by atoms with Crippen LogP contribution in [0.3, 0.4) is 0 Å². The van der Waals surface area contributed by atoms with Crippen molar-refractivity contribution in [1.82, 2.24) is 5.32 Å². The summed E-state index contributed by atoms with van der Waals surface area (Å²) in [5, 5.41) is 3.39. The Balaban J connectivity index is 1.83. The smallest absolute Gasteiger partial charge is 0.0707 e. The molecule has 1 atom stereocenters. The van der Waals surface area contributed by atoms with Gasteiger partial charge in [0.2, 0.25) is 0 Å². The van der Waals surface area contributed by atoms with Crippen LogP contribution in [0.15, 0.2) is 0 Å². The first-order valence-electron chi connectivity index (χ1n) is 6.10. The van der Waals surface area contributed by atoms with Gasteiger partial charge in [0.15, 0.2) is 0 Å². The minimum absolute atomic E-state index is 0.404. The van der Waals surface area contributed by atoms with E-state index in [9.17, 15) is 0 Å². The Labute approximate surface area is 92.5 Å². The van der Waals surface area contributed by atoms with E-state index in [1.165, 1.54) is 6.42 Å². The van der Waals surface area contributed by atoms with E-state index < -0.39 is 0 Å². The molecule has 1 N–H and O–H groups in total. The number of ether oxygens (including phenoxy) is 2. The first kappa shape index (κ1) is 11.4. The summed E-state index contributed by atoms with van der Waals surface area (Å²) in [6, 6.07) is 0. The van der Waals surface area contributed by atoms with Gasteiger partial charge in [0, 0.05) is 18.5 Å². The van der Waals surface area contributed by atoms with Crippen LogP contribution in [-0.2, 0) is 9.47 Å². The number of nitrogens with one attached hydrogen (secondary N) is 1. The van der Waals surface area contributed by atoms with E-state index in [4.69, 9.17) is 9.47 Å². The molecule has 0 aliphatic carbocycles. The van der Waals surface area contributed by atoms with E-state index in [-0.39, 0.29) is 0 Å². The normalized spacial score (nSPS) is 30.2. The second kappa shape index (κ2) is 4.81. The third-order valence-corrected chi connectivity index (χ3v) is 3.32. The van der Waals surface area contributed by atoms with Crippen LogP contribution >= 0.6 is 0 Å². The summed E-state index contributed by atoms with van der Waals surface area (Å²) in [5.41, 5.74) is 0.415. The van der Waals surface area contributed by atoms with Crippen LogP contribution in [0.4, 0.5) is 0 Å². The third-order valence-electron chi connectivity index (χ3n) is 3.32. The van der Waals surface area contributed by atoms with Crippen LogP contribution in [0.1, 0.15) is 26.7 Å². The van der Waals surface area contributed by atoms with Gasteiger partial charge < -0.3 is 14.8 Å². The third kappa shape index (κ3) is 2.92. The number of hydrogen-bond donors (Lipinski definition) is 1. The topological polar surface area (TPSA) is 30.5 Å². The first-order chi connectivity index (χ1) is 7.20. The molecule has 3 nitrogen and oxygen atoms in total. The molecule has 2 aliphatic rings. The maximum atomic E-state index is 5.77. The van der Waals surface area contributed by atoms with Crippen molar-refractivity contribution in [1.29, 1.82) is 0 Å². The van der Waals surface area contributed by atoms with Gasteiger partial charge in [-0.15, -0.1) is 0 Å². The zero-order valence-electron chi connectivity index (χ0n) is 9.92. The van der Waals surface area contributed by atoms with Crippen LogP contribution < -0.4 is 5.32 Å². The lowest BCUT2D eigenvalue weighted by atomic mass is 9.74. The Morgan fingerprint density at radius 1 is 1.40 bits per heavy atom. The van der Waals surface area contributed by atoms with Gasteiger partial charge in [0.25, 0.3) is 0 Å². The van der Waals surface area contributed by atoms with E-state index in [1.807, 2.05) is 0 Å². The summed E-state index contributed by atoms with van der Waals surface area (Å²) in [6.45, 7) is 9.34. The van der Waals surface area contributed by atoms with Gasteiger partial charge in [-0.1, -0.05) is 13.8 Å². The summed E-state index contributed by atoms with van der Waals surface area (Å²) in [7, 11) is 0. The molecule has 0 aromatic rings. The molecule has 0 saturated carbocycles. The Bertz CT molecular complexity index is 196. The predicted octanol–water partition coefficient (Wildman–Crippen LogP) is 1.43. The minimum Gasteiger partial charge on any atom is -0.380 e. The monoisotopic (exact) mass is 213 g/mol. The van der Waals surface area contributed by atoms with E-state index in [0.29, 0.717) is 11.5 Å². The predicted molar refractivity (Wildman–Crippen MR) is 59.9 cm³/mol. The van der Waals surface area contributed by atoms with Gasteiger partial charge in [-0.3, -0.25) is 0 Å². The molecule has 2 saturated heterocycles. The molecule has 2 heterocycles. The molecule has 88 valence electrons. The minimum atomic E-state index is 0.404. The average Bonchev–Trinajstić information content (AvgIpc) is 2.15. The summed E-state index contributed by atoms with van der Waals surface area (Å²) in [4.78, 5) is 0. The number of hydrogen-bond acceptors (Lipinski definition) is 3. The summed E-state index contributed by atoms with van der Waals surface area (Å²) in [5.74, 6) is 0.755. The largest absolute Gasteiger partial charge is 0.380 e. The van der Waals surface area contributed by atoms with E-state index in [1.54, 1.807) is 0 Å². The molecule has 0 aromatic heterocycles. The highest BCUT2D eigenvalue weighted by Gasteiger charge is 2.41. The average molecular weight is 213 g/mol. The van der Waals surface area contributed by atoms with Gasteiger partial charge in [-0.05, 0) is 18.8 Å². The Morgan fingerprint density at radius 3 is 2.67 bits per heavy atom. The van der Waals surface area contributed by atoms with E-state index in [0.717, 1.165) is 45.2 Å². The highest BCUT2D eigenvalue weighted by Crippen LogP contribution is 2.39. The van der Waals surface area contributed by atoms with Crippen molar-refractivity contribution in [3.8, 4) is 0 Å². The Morgan fingerprint density at radius 2 is 2.20 bits per heavy atom. The molecule has 0 radical (unpaired) electrons. The Hall–Kier alpha value is -0.120. The summed E-state index contributed by atoms with van der Waals surface area (Å²) in [6.07, 6.45) is 2.84. The Kier molecular flexibility index (Phi) is 3.65. The van der Waals surface area contributed by atoms with Gasteiger partial charge in [0.05, 0.1) is 25.9 Å². The number of morpholine rings is 1. The zero-order valence-corrected chi connectivity index (χ0v) is 9.92. The van der Waals surface area contributed by atoms with Crippen LogP contribution in [0, 0.1) is 11.3 Å². The molecule has 0 spiro atoms. The van der Waals surface area contributed by atoms with Crippen LogP contribution in [0.5, 0.6) is 0 Å². The lowest BCUT2D eigenvalue weighted by Gasteiger charge is -2.45. The van der Waals surface area contributed by atoms with Crippen LogP contribution in [-0.4, -0.2) is 39.0 Å². The lowest BCUT2D eigenvalue weighted by molar-refractivity contribution is -0.149. The SMILES string of the molecule is CC(C)CC1(CC2CNCCO2)COC1. The zero-order chi connectivity index (χ0) is 10.7. The second-order valence-electron chi connectivity index (χ2n) is 5.49. The lowest BCUT2D eigenvalue weighted by Crippen LogP contribution is -2.49. The fraction of sp³-hybridized carbons (Fsp3) is 1.00. The molecular formula is C12H23NO2. The van der Waals surface area contributed by atoms with Crippen molar-refractivity contribution in [2.24, 2.45) is 11.3 Å². The first-order valence-corrected chi connectivity index (χ1v) is 6.10. The van der Waals surface area contributed by atoms with Gasteiger partial charge in [-0.25, -0.2) is 0 Å². The van der Waals surface area contributed by atoms with Crippen molar-refractivity contribution in [2.45, 2.75) is 32.8 Å². The standard InChI is InChI=1S/C12H23NO2/c1-10(2)5-12(8-14-9-12)6-11-7-13-3-4-15-11/h10-11,13H,3-9H2,1-2H3. The van der Waals surface area contributed by atoms with Crippen molar-refractivity contribution in [3.05, 3.63) is 0 Å². The fourth-order valence-electron chi connectivity index (χ4n) is 2.81. The van der Waals surface area contributed by atoms with Crippen LogP contribution in [0.25, 0.3) is 0 Å².